The number of carboxylic acids is 1. The smallest absolute Gasteiger partial charge is 0.305 e. The van der Waals surface area contributed by atoms with Gasteiger partial charge in [-0.15, -0.1) is 23.1 Å². The number of amides is 1. The lowest BCUT2D eigenvalue weighted by atomic mass is 10.1. The summed E-state index contributed by atoms with van der Waals surface area (Å²) in [6.07, 6.45) is 1.63. The van der Waals surface area contributed by atoms with Gasteiger partial charge >= 0.3 is 5.97 Å². The molecule has 1 saturated heterocycles. The third-order valence-electron chi connectivity index (χ3n) is 4.21. The molecule has 7 heteroatoms. The van der Waals surface area contributed by atoms with Crippen LogP contribution in [-0.4, -0.2) is 39.5 Å². The zero-order valence-corrected chi connectivity index (χ0v) is 15.6. The van der Waals surface area contributed by atoms with Gasteiger partial charge in [-0.1, -0.05) is 12.1 Å². The highest BCUT2D eigenvalue weighted by Gasteiger charge is 2.31. The van der Waals surface area contributed by atoms with E-state index in [1.165, 1.54) is 0 Å². The van der Waals surface area contributed by atoms with Crippen molar-refractivity contribution in [1.29, 1.82) is 0 Å². The second-order valence-electron chi connectivity index (χ2n) is 6.04. The predicted octanol–water partition coefficient (Wildman–Crippen LogP) is 3.82. The molecule has 1 aliphatic heterocycles. The molecule has 0 radical (unpaired) electrons. The van der Waals surface area contributed by atoms with E-state index in [9.17, 15) is 9.59 Å². The van der Waals surface area contributed by atoms with Crippen LogP contribution in [0.2, 0.25) is 0 Å². The van der Waals surface area contributed by atoms with Crippen molar-refractivity contribution in [3.63, 3.8) is 0 Å². The normalized spacial score (nSPS) is 17.0. The van der Waals surface area contributed by atoms with E-state index >= 15 is 0 Å². The van der Waals surface area contributed by atoms with Crippen LogP contribution in [0.3, 0.4) is 0 Å². The number of thioether (sulfide) groups is 1. The molecular weight excluding hydrogens is 356 g/mol. The van der Waals surface area contributed by atoms with Gasteiger partial charge in [0.15, 0.2) is 0 Å². The molecule has 1 amide bonds. The molecule has 1 fully saturated rings. The minimum atomic E-state index is -0.855. The first-order valence-corrected chi connectivity index (χ1v) is 10.1. The van der Waals surface area contributed by atoms with Gasteiger partial charge in [-0.3, -0.25) is 9.59 Å². The molecule has 1 N–H and O–H groups in total. The van der Waals surface area contributed by atoms with Gasteiger partial charge in [0.25, 0.3) is 5.91 Å². The number of aryl methyl sites for hydroxylation is 1. The summed E-state index contributed by atoms with van der Waals surface area (Å²) in [4.78, 5) is 31.1. The number of carbonyl (C=O) groups is 2. The average molecular weight is 377 g/mol. The topological polar surface area (TPSA) is 70.5 Å². The highest BCUT2D eigenvalue weighted by molar-refractivity contribution is 7.98. The largest absolute Gasteiger partial charge is 0.481 e. The Labute approximate surface area is 155 Å². The molecule has 0 saturated carbocycles. The quantitative estimate of drug-likeness (QED) is 0.776. The van der Waals surface area contributed by atoms with Crippen molar-refractivity contribution < 1.29 is 14.7 Å². The van der Waals surface area contributed by atoms with E-state index in [-0.39, 0.29) is 18.4 Å². The lowest BCUT2D eigenvalue weighted by molar-refractivity contribution is -0.137. The van der Waals surface area contributed by atoms with Crippen molar-refractivity contribution in [2.24, 2.45) is 0 Å². The van der Waals surface area contributed by atoms with Gasteiger partial charge < -0.3 is 10.0 Å². The molecule has 0 spiro atoms. The summed E-state index contributed by atoms with van der Waals surface area (Å²) in [7, 11) is 0. The summed E-state index contributed by atoms with van der Waals surface area (Å²) in [5.41, 5.74) is 1.66. The number of carboxylic acid groups (broad SMARTS) is 1. The van der Waals surface area contributed by atoms with Crippen molar-refractivity contribution in [2.45, 2.75) is 42.9 Å². The lowest BCUT2D eigenvalue weighted by Gasteiger charge is -2.24. The van der Waals surface area contributed by atoms with Crippen molar-refractivity contribution in [2.75, 3.05) is 6.54 Å². The number of aromatic nitrogens is 1. The fraction of sp³-hybridized carbons (Fsp3) is 0.389. The van der Waals surface area contributed by atoms with E-state index in [1.807, 2.05) is 36.6 Å². The number of carbonyl (C=O) groups excluding carboxylic acids is 1. The highest BCUT2D eigenvalue weighted by Crippen LogP contribution is 2.30. The van der Waals surface area contributed by atoms with Crippen LogP contribution >= 0.6 is 23.1 Å². The van der Waals surface area contributed by atoms with Gasteiger partial charge in [0.05, 0.1) is 22.7 Å². The second-order valence-corrected chi connectivity index (χ2v) is 8.11. The minimum Gasteiger partial charge on any atom is -0.481 e. The van der Waals surface area contributed by atoms with Crippen molar-refractivity contribution >= 4 is 35.0 Å². The van der Waals surface area contributed by atoms with E-state index in [1.54, 1.807) is 28.0 Å². The van der Waals surface area contributed by atoms with Gasteiger partial charge in [0.1, 0.15) is 0 Å². The maximum Gasteiger partial charge on any atom is 0.305 e. The third-order valence-corrected chi connectivity index (χ3v) is 6.14. The molecule has 1 unspecified atom stereocenters. The standard InChI is InChI=1S/C18H20N2O3S2/c1-12-19-13(10-24-12)11-25-16-7-3-2-6-15(16)18(23)20-8-4-5-14(20)9-17(21)22/h2-3,6-7,10,14H,4-5,8-9,11H2,1H3,(H,21,22). The molecule has 2 aromatic rings. The van der Waals surface area contributed by atoms with Gasteiger partial charge in [-0.05, 0) is 31.9 Å². The van der Waals surface area contributed by atoms with Gasteiger partial charge in [-0.25, -0.2) is 4.98 Å². The van der Waals surface area contributed by atoms with Gasteiger partial charge in [0, 0.05) is 28.6 Å². The number of likely N-dealkylation sites (tertiary alicyclic amines) is 1. The Kier molecular flexibility index (Phi) is 5.75. The maximum absolute atomic E-state index is 13.0. The molecule has 25 heavy (non-hydrogen) atoms. The Morgan fingerprint density at radius 2 is 2.20 bits per heavy atom. The van der Waals surface area contributed by atoms with Crippen LogP contribution in [0.1, 0.15) is 40.3 Å². The summed E-state index contributed by atoms with van der Waals surface area (Å²) >= 11 is 3.22. The Bertz CT molecular complexity index is 775. The zero-order chi connectivity index (χ0) is 17.8. The number of hydrogen-bond donors (Lipinski definition) is 1. The van der Waals surface area contributed by atoms with Crippen LogP contribution in [-0.2, 0) is 10.5 Å². The molecule has 5 nitrogen and oxygen atoms in total. The number of aliphatic carboxylic acids is 1. The van der Waals surface area contributed by atoms with Crippen LogP contribution in [0.5, 0.6) is 0 Å². The number of benzene rings is 1. The van der Waals surface area contributed by atoms with Crippen LogP contribution in [0.25, 0.3) is 0 Å². The molecule has 0 aliphatic carbocycles. The van der Waals surface area contributed by atoms with E-state index in [4.69, 9.17) is 5.11 Å². The molecule has 1 aliphatic rings. The Morgan fingerprint density at radius 3 is 2.92 bits per heavy atom. The lowest BCUT2D eigenvalue weighted by Crippen LogP contribution is -2.37. The molecule has 3 rings (SSSR count). The van der Waals surface area contributed by atoms with Crippen LogP contribution in [0.15, 0.2) is 34.5 Å². The average Bonchev–Trinajstić information content (AvgIpc) is 3.21. The van der Waals surface area contributed by atoms with E-state index < -0.39 is 5.97 Å². The monoisotopic (exact) mass is 376 g/mol. The zero-order valence-electron chi connectivity index (χ0n) is 14.0. The van der Waals surface area contributed by atoms with Gasteiger partial charge in [0.2, 0.25) is 0 Å². The third kappa shape index (κ3) is 4.41. The van der Waals surface area contributed by atoms with E-state index in [0.29, 0.717) is 17.9 Å². The molecule has 1 atom stereocenters. The van der Waals surface area contributed by atoms with Crippen molar-refractivity contribution in [3.8, 4) is 0 Å². The number of nitrogens with zero attached hydrogens (tertiary/aromatic N) is 2. The van der Waals surface area contributed by atoms with Crippen LogP contribution in [0.4, 0.5) is 0 Å². The minimum absolute atomic E-state index is 0.0130. The van der Waals surface area contributed by atoms with Crippen molar-refractivity contribution in [3.05, 3.63) is 45.9 Å². The Balaban J connectivity index is 1.75. The summed E-state index contributed by atoms with van der Waals surface area (Å²) in [6, 6.07) is 7.34. The first kappa shape index (κ1) is 17.9. The number of rotatable bonds is 6. The highest BCUT2D eigenvalue weighted by atomic mass is 32.2. The first-order valence-electron chi connectivity index (χ1n) is 8.20. The fourth-order valence-electron chi connectivity index (χ4n) is 3.07. The Hall–Kier alpha value is -1.86. The fourth-order valence-corrected chi connectivity index (χ4v) is 4.72. The molecule has 0 bridgehead atoms. The van der Waals surface area contributed by atoms with Crippen LogP contribution < -0.4 is 0 Å². The predicted molar refractivity (Wildman–Crippen MR) is 99.2 cm³/mol. The summed E-state index contributed by atoms with van der Waals surface area (Å²) < 4.78 is 0. The van der Waals surface area contributed by atoms with Crippen LogP contribution in [0, 0.1) is 6.92 Å². The molecule has 1 aromatic carbocycles. The van der Waals surface area contributed by atoms with Crippen molar-refractivity contribution in [1.82, 2.24) is 9.88 Å². The van der Waals surface area contributed by atoms with Gasteiger partial charge in [-0.2, -0.15) is 0 Å². The van der Waals surface area contributed by atoms with E-state index in [0.717, 1.165) is 28.4 Å². The Morgan fingerprint density at radius 1 is 1.40 bits per heavy atom. The second kappa shape index (κ2) is 8.01. The SMILES string of the molecule is Cc1nc(CSc2ccccc2C(=O)N2CCCC2CC(=O)O)cs1. The summed E-state index contributed by atoms with van der Waals surface area (Å²) in [5, 5.41) is 12.1. The molecular formula is C18H20N2O3S2. The number of thiazole rings is 1. The maximum atomic E-state index is 13.0. The van der Waals surface area contributed by atoms with E-state index in [2.05, 4.69) is 4.98 Å². The molecule has 132 valence electrons. The summed E-state index contributed by atoms with van der Waals surface area (Å²) in [5.74, 6) is -0.208. The molecule has 1 aromatic heterocycles. The number of hydrogen-bond acceptors (Lipinski definition) is 5. The first-order chi connectivity index (χ1) is 12.0. The summed E-state index contributed by atoms with van der Waals surface area (Å²) in [6.45, 7) is 2.60. The molecule has 2 heterocycles.